The Kier molecular flexibility index (Phi) is 3.06. The van der Waals surface area contributed by atoms with E-state index in [0.29, 0.717) is 6.04 Å². The molecule has 0 aromatic rings. The lowest BCUT2D eigenvalue weighted by Crippen LogP contribution is -2.63. The van der Waals surface area contributed by atoms with E-state index in [1.54, 1.807) is 11.8 Å². The fourth-order valence-electron chi connectivity index (χ4n) is 1.89. The van der Waals surface area contributed by atoms with E-state index in [1.165, 1.54) is 6.26 Å². The maximum atomic E-state index is 11.6. The third-order valence-electron chi connectivity index (χ3n) is 2.85. The van der Waals surface area contributed by atoms with E-state index in [1.807, 2.05) is 0 Å². The lowest BCUT2D eigenvalue weighted by Gasteiger charge is -2.44. The van der Waals surface area contributed by atoms with Crippen molar-refractivity contribution in [3.8, 4) is 0 Å². The minimum Gasteiger partial charge on any atom is -0.314 e. The molecule has 0 aromatic carbocycles. The van der Waals surface area contributed by atoms with E-state index < -0.39 is 9.84 Å². The molecular formula is C8H16N2O2S2. The highest BCUT2D eigenvalue weighted by molar-refractivity contribution is 8.00. The molecule has 0 amide bonds. The molecule has 2 saturated heterocycles. The molecule has 1 N–H and O–H groups in total. The smallest absolute Gasteiger partial charge is 0.164 e. The molecule has 0 spiro atoms. The molecule has 6 heteroatoms. The summed E-state index contributed by atoms with van der Waals surface area (Å²) >= 11 is 1.74. The van der Waals surface area contributed by atoms with E-state index in [0.717, 1.165) is 31.1 Å². The van der Waals surface area contributed by atoms with Gasteiger partial charge < -0.3 is 5.32 Å². The zero-order valence-corrected chi connectivity index (χ0v) is 9.90. The first-order valence-electron chi connectivity index (χ1n) is 4.82. The largest absolute Gasteiger partial charge is 0.314 e. The Morgan fingerprint density at radius 2 is 2.14 bits per heavy atom. The molecule has 2 rings (SSSR count). The summed E-state index contributed by atoms with van der Waals surface area (Å²) in [6.45, 7) is 2.79. The summed E-state index contributed by atoms with van der Waals surface area (Å²) in [6.07, 6.45) is 1.35. The van der Waals surface area contributed by atoms with Crippen LogP contribution in [-0.4, -0.2) is 62.1 Å². The van der Waals surface area contributed by atoms with Crippen molar-refractivity contribution >= 4 is 21.6 Å². The number of hydrogen-bond acceptors (Lipinski definition) is 5. The predicted octanol–water partition coefficient (Wildman–Crippen LogP) is -0.622. The van der Waals surface area contributed by atoms with E-state index in [-0.39, 0.29) is 5.37 Å². The molecule has 0 saturated carbocycles. The van der Waals surface area contributed by atoms with Crippen LogP contribution in [0.3, 0.4) is 0 Å². The highest BCUT2D eigenvalue weighted by Crippen LogP contribution is 2.23. The summed E-state index contributed by atoms with van der Waals surface area (Å²) in [5.41, 5.74) is 0. The third kappa shape index (κ3) is 2.08. The molecule has 0 bridgehead atoms. The Labute approximate surface area is 89.3 Å². The van der Waals surface area contributed by atoms with Crippen LogP contribution in [0.15, 0.2) is 0 Å². The number of thioether (sulfide) groups is 1. The van der Waals surface area contributed by atoms with Gasteiger partial charge in [-0.05, 0) is 0 Å². The van der Waals surface area contributed by atoms with Crippen molar-refractivity contribution in [3.63, 3.8) is 0 Å². The summed E-state index contributed by atoms with van der Waals surface area (Å²) in [7, 11) is -2.92. The standard InChI is InChI=1S/C8H16N2O2S2/c1-14(11,12)8-6-13-3-2-10(8)7-4-9-5-7/h7-9H,2-6H2,1H3. The molecule has 4 nitrogen and oxygen atoms in total. The second kappa shape index (κ2) is 4.00. The highest BCUT2D eigenvalue weighted by Gasteiger charge is 2.37. The molecule has 2 heterocycles. The zero-order valence-electron chi connectivity index (χ0n) is 8.27. The van der Waals surface area contributed by atoms with Crippen LogP contribution in [0.1, 0.15) is 0 Å². The molecule has 1 atom stereocenters. The molecule has 82 valence electrons. The van der Waals surface area contributed by atoms with Gasteiger partial charge >= 0.3 is 0 Å². The molecular weight excluding hydrogens is 220 g/mol. The van der Waals surface area contributed by atoms with E-state index >= 15 is 0 Å². The second-order valence-electron chi connectivity index (χ2n) is 3.91. The van der Waals surface area contributed by atoms with Gasteiger partial charge in [-0.25, -0.2) is 8.42 Å². The van der Waals surface area contributed by atoms with Crippen LogP contribution in [0, 0.1) is 0 Å². The minimum absolute atomic E-state index is 0.256. The normalized spacial score (nSPS) is 31.4. The Hall–Kier alpha value is 0.220. The first-order chi connectivity index (χ1) is 6.59. The van der Waals surface area contributed by atoms with Crippen molar-refractivity contribution in [2.45, 2.75) is 11.4 Å². The molecule has 2 aliphatic heterocycles. The summed E-state index contributed by atoms with van der Waals surface area (Å²) in [6, 6.07) is 0.440. The minimum atomic E-state index is -2.92. The van der Waals surface area contributed by atoms with Crippen LogP contribution in [0.4, 0.5) is 0 Å². The number of nitrogens with zero attached hydrogens (tertiary/aromatic N) is 1. The quantitative estimate of drug-likeness (QED) is 0.692. The third-order valence-corrected chi connectivity index (χ3v) is 5.51. The van der Waals surface area contributed by atoms with Gasteiger partial charge in [0.2, 0.25) is 0 Å². The monoisotopic (exact) mass is 236 g/mol. The van der Waals surface area contributed by atoms with Crippen LogP contribution in [0.5, 0.6) is 0 Å². The first-order valence-corrected chi connectivity index (χ1v) is 7.93. The van der Waals surface area contributed by atoms with Gasteiger partial charge in [-0.15, -0.1) is 0 Å². The van der Waals surface area contributed by atoms with Crippen molar-refractivity contribution in [1.29, 1.82) is 0 Å². The zero-order chi connectivity index (χ0) is 10.2. The molecule has 14 heavy (non-hydrogen) atoms. The summed E-state index contributed by atoms with van der Waals surface area (Å²) in [4.78, 5) is 2.16. The van der Waals surface area contributed by atoms with Gasteiger partial charge in [0.25, 0.3) is 0 Å². The predicted molar refractivity (Wildman–Crippen MR) is 59.3 cm³/mol. The van der Waals surface area contributed by atoms with Crippen molar-refractivity contribution in [2.24, 2.45) is 0 Å². The Balaban J connectivity index is 2.10. The Morgan fingerprint density at radius 3 is 2.64 bits per heavy atom. The van der Waals surface area contributed by atoms with Gasteiger partial charge in [0.1, 0.15) is 5.37 Å². The van der Waals surface area contributed by atoms with Crippen LogP contribution in [0.2, 0.25) is 0 Å². The molecule has 1 unspecified atom stereocenters. The molecule has 2 aliphatic rings. The van der Waals surface area contributed by atoms with E-state index in [2.05, 4.69) is 10.2 Å². The molecule has 0 aromatic heterocycles. The average Bonchev–Trinajstić information content (AvgIpc) is 2.00. The fraction of sp³-hybridized carbons (Fsp3) is 1.00. The first kappa shape index (κ1) is 10.7. The Bertz CT molecular complexity index is 300. The van der Waals surface area contributed by atoms with Crippen molar-refractivity contribution in [2.75, 3.05) is 37.4 Å². The number of nitrogens with one attached hydrogen (secondary N) is 1. The fourth-order valence-corrected chi connectivity index (χ4v) is 4.84. The van der Waals surface area contributed by atoms with Gasteiger partial charge in [0.15, 0.2) is 9.84 Å². The number of rotatable bonds is 2. The number of sulfone groups is 1. The van der Waals surface area contributed by atoms with Crippen molar-refractivity contribution in [1.82, 2.24) is 10.2 Å². The van der Waals surface area contributed by atoms with Crippen LogP contribution in [-0.2, 0) is 9.84 Å². The molecule has 2 fully saturated rings. The maximum Gasteiger partial charge on any atom is 0.164 e. The van der Waals surface area contributed by atoms with Gasteiger partial charge in [0, 0.05) is 43.4 Å². The van der Waals surface area contributed by atoms with Crippen molar-refractivity contribution in [3.05, 3.63) is 0 Å². The number of hydrogen-bond donors (Lipinski definition) is 1. The van der Waals surface area contributed by atoms with Gasteiger partial charge in [-0.1, -0.05) is 0 Å². The van der Waals surface area contributed by atoms with Gasteiger partial charge in [-0.2, -0.15) is 11.8 Å². The van der Waals surface area contributed by atoms with Gasteiger partial charge in [-0.3, -0.25) is 4.90 Å². The SMILES string of the molecule is CS(=O)(=O)C1CSCCN1C1CNC1. The van der Waals surface area contributed by atoms with Crippen molar-refractivity contribution < 1.29 is 8.42 Å². The van der Waals surface area contributed by atoms with Crippen LogP contribution in [0.25, 0.3) is 0 Å². The Morgan fingerprint density at radius 1 is 1.43 bits per heavy atom. The summed E-state index contributed by atoms with van der Waals surface area (Å²) in [5.74, 6) is 1.79. The van der Waals surface area contributed by atoms with Crippen LogP contribution < -0.4 is 5.32 Å². The second-order valence-corrected chi connectivity index (χ2v) is 7.26. The summed E-state index contributed by atoms with van der Waals surface area (Å²) in [5, 5.41) is 2.93. The lowest BCUT2D eigenvalue weighted by molar-refractivity contribution is 0.142. The van der Waals surface area contributed by atoms with Crippen LogP contribution >= 0.6 is 11.8 Å². The topological polar surface area (TPSA) is 49.4 Å². The average molecular weight is 236 g/mol. The van der Waals surface area contributed by atoms with E-state index in [9.17, 15) is 8.42 Å². The van der Waals surface area contributed by atoms with Gasteiger partial charge in [0.05, 0.1) is 0 Å². The molecule has 0 aliphatic carbocycles. The lowest BCUT2D eigenvalue weighted by atomic mass is 10.1. The molecule has 0 radical (unpaired) electrons. The van der Waals surface area contributed by atoms with E-state index in [4.69, 9.17) is 0 Å². The highest BCUT2D eigenvalue weighted by atomic mass is 32.2. The maximum absolute atomic E-state index is 11.6. The summed E-state index contributed by atoms with van der Waals surface area (Å²) < 4.78 is 23.1.